The molecule has 11 heteroatoms. The topological polar surface area (TPSA) is 120 Å². The zero-order valence-electron chi connectivity index (χ0n) is 20.6. The number of imidazole rings is 1. The van der Waals surface area contributed by atoms with E-state index in [2.05, 4.69) is 31.1 Å². The van der Waals surface area contributed by atoms with Crippen molar-refractivity contribution in [3.63, 3.8) is 0 Å². The number of rotatable bonds is 9. The summed E-state index contributed by atoms with van der Waals surface area (Å²) in [5.41, 5.74) is 3.70. The van der Waals surface area contributed by atoms with Gasteiger partial charge in [0.25, 0.3) is 0 Å². The second-order valence-corrected chi connectivity index (χ2v) is 8.98. The number of nitrogens with zero attached hydrogens (tertiary/aromatic N) is 6. The molecule has 0 fully saturated rings. The van der Waals surface area contributed by atoms with Gasteiger partial charge in [-0.3, -0.25) is 9.59 Å². The van der Waals surface area contributed by atoms with Crippen LogP contribution in [0.1, 0.15) is 11.1 Å². The van der Waals surface area contributed by atoms with E-state index in [4.69, 9.17) is 11.6 Å². The highest BCUT2D eigenvalue weighted by Gasteiger charge is 2.21. The Balaban J connectivity index is 1.32. The standard InChI is InChI=1S/C28H23ClN8O2/c29-22-7-12-26(37-19-31-34-35-37)21(17-22)6-13-27(38)33-25(16-20-4-2-1-3-5-20)28(39)32-23-8-10-24(11-9-23)36-15-14-30-18-36/h1-15,17-19,25H,16H2,(H,32,39)(H,33,38)/b13-6+. The zero-order valence-corrected chi connectivity index (χ0v) is 21.3. The second kappa shape index (κ2) is 12.0. The van der Waals surface area contributed by atoms with Crippen LogP contribution in [0.4, 0.5) is 5.69 Å². The third kappa shape index (κ3) is 6.62. The van der Waals surface area contributed by atoms with Crippen molar-refractivity contribution in [3.05, 3.63) is 120 Å². The summed E-state index contributed by atoms with van der Waals surface area (Å²) in [6.45, 7) is 0. The second-order valence-electron chi connectivity index (χ2n) is 8.55. The number of anilines is 1. The highest BCUT2D eigenvalue weighted by molar-refractivity contribution is 6.30. The molecule has 0 bridgehead atoms. The summed E-state index contributed by atoms with van der Waals surface area (Å²) in [6.07, 6.45) is 9.94. The summed E-state index contributed by atoms with van der Waals surface area (Å²) in [6, 6.07) is 21.2. The average Bonchev–Trinajstić information content (AvgIpc) is 3.68. The highest BCUT2D eigenvalue weighted by atomic mass is 35.5. The van der Waals surface area contributed by atoms with E-state index < -0.39 is 11.9 Å². The number of tetrazole rings is 1. The Bertz CT molecular complexity index is 1570. The minimum Gasteiger partial charge on any atom is -0.340 e. The molecule has 3 aromatic carbocycles. The molecule has 0 aliphatic carbocycles. The van der Waals surface area contributed by atoms with E-state index in [-0.39, 0.29) is 5.91 Å². The molecule has 5 aromatic rings. The van der Waals surface area contributed by atoms with Crippen molar-refractivity contribution < 1.29 is 9.59 Å². The highest BCUT2D eigenvalue weighted by Crippen LogP contribution is 2.20. The van der Waals surface area contributed by atoms with Crippen molar-refractivity contribution in [1.82, 2.24) is 35.1 Å². The zero-order chi connectivity index (χ0) is 27.0. The van der Waals surface area contributed by atoms with E-state index in [0.717, 1.165) is 11.3 Å². The van der Waals surface area contributed by atoms with Gasteiger partial charge in [-0.05, 0) is 64.5 Å². The van der Waals surface area contributed by atoms with Gasteiger partial charge in [0.2, 0.25) is 11.8 Å². The number of carbonyl (C=O) groups is 2. The van der Waals surface area contributed by atoms with Gasteiger partial charge in [-0.2, -0.15) is 4.68 Å². The Morgan fingerprint density at radius 1 is 1.00 bits per heavy atom. The van der Waals surface area contributed by atoms with Crippen molar-refractivity contribution in [2.24, 2.45) is 0 Å². The van der Waals surface area contributed by atoms with Crippen LogP contribution >= 0.6 is 11.6 Å². The number of halogens is 1. The molecule has 0 spiro atoms. The van der Waals surface area contributed by atoms with Gasteiger partial charge in [0, 0.05) is 46.9 Å². The van der Waals surface area contributed by atoms with E-state index in [0.29, 0.717) is 28.4 Å². The van der Waals surface area contributed by atoms with Crippen molar-refractivity contribution in [2.75, 3.05) is 5.32 Å². The molecule has 0 aliphatic rings. The SMILES string of the molecule is O=C(/C=C/c1cc(Cl)ccc1-n1cnnn1)NC(Cc1ccccc1)C(=O)Nc1ccc(-n2ccnc2)cc1. The molecule has 0 saturated carbocycles. The van der Waals surface area contributed by atoms with Gasteiger partial charge in [-0.1, -0.05) is 41.9 Å². The van der Waals surface area contributed by atoms with Crippen LogP contribution in [0.15, 0.2) is 104 Å². The lowest BCUT2D eigenvalue weighted by Gasteiger charge is -2.18. The summed E-state index contributed by atoms with van der Waals surface area (Å²) in [4.78, 5) is 30.3. The molecule has 1 unspecified atom stereocenters. The number of carbonyl (C=O) groups excluding carboxylic acids is 2. The normalized spacial score (nSPS) is 11.8. The summed E-state index contributed by atoms with van der Waals surface area (Å²) < 4.78 is 3.33. The molecule has 39 heavy (non-hydrogen) atoms. The monoisotopic (exact) mass is 538 g/mol. The number of nitrogens with one attached hydrogen (secondary N) is 2. The average molecular weight is 539 g/mol. The lowest BCUT2D eigenvalue weighted by molar-refractivity contribution is -0.123. The molecule has 2 amide bonds. The smallest absolute Gasteiger partial charge is 0.247 e. The lowest BCUT2D eigenvalue weighted by Crippen LogP contribution is -2.44. The maximum absolute atomic E-state index is 13.3. The summed E-state index contributed by atoms with van der Waals surface area (Å²) in [5.74, 6) is -0.780. The fraction of sp³-hybridized carbons (Fsp3) is 0.0714. The number of amides is 2. The van der Waals surface area contributed by atoms with Crippen LogP contribution in [-0.4, -0.2) is 47.6 Å². The molecule has 2 aromatic heterocycles. The van der Waals surface area contributed by atoms with E-state index in [1.807, 2.05) is 53.2 Å². The van der Waals surface area contributed by atoms with Crippen LogP contribution in [0.5, 0.6) is 0 Å². The Kier molecular flexibility index (Phi) is 7.84. The van der Waals surface area contributed by atoms with E-state index in [1.165, 1.54) is 17.1 Å². The van der Waals surface area contributed by atoms with Gasteiger partial charge in [-0.25, -0.2) is 4.98 Å². The number of benzene rings is 3. The van der Waals surface area contributed by atoms with Gasteiger partial charge >= 0.3 is 0 Å². The Morgan fingerprint density at radius 3 is 2.54 bits per heavy atom. The van der Waals surface area contributed by atoms with Gasteiger partial charge < -0.3 is 15.2 Å². The Morgan fingerprint density at radius 2 is 1.82 bits per heavy atom. The fourth-order valence-electron chi connectivity index (χ4n) is 3.94. The van der Waals surface area contributed by atoms with E-state index in [9.17, 15) is 9.59 Å². The van der Waals surface area contributed by atoms with Crippen LogP contribution in [0.2, 0.25) is 5.02 Å². The van der Waals surface area contributed by atoms with Crippen molar-refractivity contribution in [1.29, 1.82) is 0 Å². The molecule has 10 nitrogen and oxygen atoms in total. The van der Waals surface area contributed by atoms with Crippen LogP contribution < -0.4 is 10.6 Å². The minimum absolute atomic E-state index is 0.312. The molecule has 2 N–H and O–H groups in total. The quantitative estimate of drug-likeness (QED) is 0.275. The maximum Gasteiger partial charge on any atom is 0.247 e. The van der Waals surface area contributed by atoms with Gasteiger partial charge in [0.15, 0.2) is 0 Å². The molecule has 5 rings (SSSR count). The van der Waals surface area contributed by atoms with Crippen molar-refractivity contribution in [3.8, 4) is 11.4 Å². The van der Waals surface area contributed by atoms with Gasteiger partial charge in [-0.15, -0.1) is 5.10 Å². The van der Waals surface area contributed by atoms with Crippen LogP contribution in [-0.2, 0) is 16.0 Å². The van der Waals surface area contributed by atoms with E-state index >= 15 is 0 Å². The molecular weight excluding hydrogens is 516 g/mol. The van der Waals surface area contributed by atoms with Crippen molar-refractivity contribution >= 4 is 35.2 Å². The third-order valence-corrected chi connectivity index (χ3v) is 6.09. The molecular formula is C28H23ClN8O2. The van der Waals surface area contributed by atoms with Crippen molar-refractivity contribution in [2.45, 2.75) is 12.5 Å². The summed E-state index contributed by atoms with van der Waals surface area (Å²) >= 11 is 6.17. The predicted molar refractivity (Wildman–Crippen MR) is 147 cm³/mol. The molecule has 0 radical (unpaired) electrons. The predicted octanol–water partition coefficient (Wildman–Crippen LogP) is 3.88. The first-order valence-electron chi connectivity index (χ1n) is 12.0. The first-order chi connectivity index (χ1) is 19.0. The van der Waals surface area contributed by atoms with Crippen LogP contribution in [0, 0.1) is 0 Å². The number of hydrogen-bond acceptors (Lipinski definition) is 6. The number of hydrogen-bond donors (Lipinski definition) is 2. The minimum atomic E-state index is -0.823. The summed E-state index contributed by atoms with van der Waals surface area (Å²) in [5, 5.41) is 17.4. The third-order valence-electron chi connectivity index (χ3n) is 5.85. The molecule has 1 atom stereocenters. The first kappa shape index (κ1) is 25.6. The lowest BCUT2D eigenvalue weighted by atomic mass is 10.0. The molecule has 2 heterocycles. The molecule has 0 saturated heterocycles. The largest absolute Gasteiger partial charge is 0.340 e. The maximum atomic E-state index is 13.3. The van der Waals surface area contributed by atoms with Crippen LogP contribution in [0.3, 0.4) is 0 Å². The fourth-order valence-corrected chi connectivity index (χ4v) is 4.12. The summed E-state index contributed by atoms with van der Waals surface area (Å²) in [7, 11) is 0. The Hall–Kier alpha value is -5.09. The van der Waals surface area contributed by atoms with Gasteiger partial charge in [0.05, 0.1) is 12.0 Å². The molecule has 0 aliphatic heterocycles. The van der Waals surface area contributed by atoms with Crippen LogP contribution in [0.25, 0.3) is 17.5 Å². The van der Waals surface area contributed by atoms with Gasteiger partial charge in [0.1, 0.15) is 12.4 Å². The number of aromatic nitrogens is 6. The van der Waals surface area contributed by atoms with E-state index in [1.54, 1.807) is 48.9 Å². The Labute approximate surface area is 229 Å². The first-order valence-corrected chi connectivity index (χ1v) is 12.4. The molecule has 194 valence electrons.